The summed E-state index contributed by atoms with van der Waals surface area (Å²) in [6.45, 7) is 0. The molecule has 0 aliphatic carbocycles. The first-order valence-corrected chi connectivity index (χ1v) is 20.0. The molecular weight excluding hydrogens is 715 g/mol. The third-order valence-corrected chi connectivity index (χ3v) is 12.4. The van der Waals surface area contributed by atoms with Gasteiger partial charge in [0, 0.05) is 64.3 Å². The van der Waals surface area contributed by atoms with Crippen molar-refractivity contribution in [2.24, 2.45) is 0 Å². The lowest BCUT2D eigenvalue weighted by Gasteiger charge is -2.13. The smallest absolute Gasteiger partial charge is 0.160 e. The molecule has 0 saturated carbocycles. The van der Waals surface area contributed by atoms with Gasteiger partial charge in [0.05, 0.1) is 27.8 Å². The van der Waals surface area contributed by atoms with Gasteiger partial charge in [-0.1, -0.05) is 140 Å². The number of hydrogen-bond donors (Lipinski definition) is 0. The zero-order valence-electron chi connectivity index (χ0n) is 30.6. The summed E-state index contributed by atoms with van der Waals surface area (Å²) >= 11 is 1.85. The van der Waals surface area contributed by atoms with Gasteiger partial charge < -0.3 is 8.98 Å². The van der Waals surface area contributed by atoms with Crippen LogP contribution in [-0.4, -0.2) is 14.5 Å². The van der Waals surface area contributed by atoms with E-state index in [-0.39, 0.29) is 0 Å². The topological polar surface area (TPSA) is 43.9 Å². The van der Waals surface area contributed by atoms with Crippen molar-refractivity contribution < 1.29 is 4.42 Å². The number of benzene rings is 8. The highest BCUT2D eigenvalue weighted by Crippen LogP contribution is 2.45. The summed E-state index contributed by atoms with van der Waals surface area (Å²) in [7, 11) is 0. The summed E-state index contributed by atoms with van der Waals surface area (Å²) in [5.74, 6) is 0.699. The molecule has 57 heavy (non-hydrogen) atoms. The second-order valence-corrected chi connectivity index (χ2v) is 15.6. The molecule has 0 saturated heterocycles. The molecule has 8 aromatic carbocycles. The molecule has 266 valence electrons. The summed E-state index contributed by atoms with van der Waals surface area (Å²) in [4.78, 5) is 10.2. The summed E-state index contributed by atoms with van der Waals surface area (Å²) in [6, 6.07) is 66.5. The lowest BCUT2D eigenvalue weighted by atomic mass is 10.00. The predicted molar refractivity (Wildman–Crippen MR) is 238 cm³/mol. The van der Waals surface area contributed by atoms with E-state index in [0.29, 0.717) is 5.82 Å². The van der Waals surface area contributed by atoms with E-state index in [0.717, 1.165) is 77.7 Å². The highest BCUT2D eigenvalue weighted by molar-refractivity contribution is 7.26. The molecule has 0 N–H and O–H groups in total. The van der Waals surface area contributed by atoms with Gasteiger partial charge in [0.2, 0.25) is 0 Å². The summed E-state index contributed by atoms with van der Waals surface area (Å²) in [6.07, 6.45) is 0. The van der Waals surface area contributed by atoms with Crippen LogP contribution in [0.4, 0.5) is 0 Å². The lowest BCUT2D eigenvalue weighted by Crippen LogP contribution is -1.96. The minimum atomic E-state index is 0.699. The Morgan fingerprint density at radius 1 is 0.439 bits per heavy atom. The van der Waals surface area contributed by atoms with Crippen LogP contribution in [-0.2, 0) is 0 Å². The Hall–Kier alpha value is -7.34. The zero-order valence-corrected chi connectivity index (χ0v) is 31.4. The Balaban J connectivity index is 1.06. The molecule has 0 atom stereocenters. The molecule has 0 aliphatic heterocycles. The van der Waals surface area contributed by atoms with Crippen LogP contribution >= 0.6 is 11.3 Å². The first kappa shape index (κ1) is 32.0. The van der Waals surface area contributed by atoms with Gasteiger partial charge in [-0.2, -0.15) is 0 Å². The fraction of sp³-hybridized carbons (Fsp3) is 0. The Kier molecular flexibility index (Phi) is 7.06. The van der Waals surface area contributed by atoms with E-state index in [4.69, 9.17) is 14.4 Å². The molecule has 0 fully saturated rings. The van der Waals surface area contributed by atoms with Crippen LogP contribution in [0.1, 0.15) is 0 Å². The van der Waals surface area contributed by atoms with Gasteiger partial charge >= 0.3 is 0 Å². The number of thiophene rings is 1. The van der Waals surface area contributed by atoms with E-state index < -0.39 is 0 Å². The second-order valence-electron chi connectivity index (χ2n) is 14.5. The number of aromatic nitrogens is 3. The number of fused-ring (bicyclic) bond motifs is 10. The summed E-state index contributed by atoms with van der Waals surface area (Å²) in [5, 5.41) is 7.08. The maximum Gasteiger partial charge on any atom is 0.160 e. The number of hydrogen-bond acceptors (Lipinski definition) is 4. The van der Waals surface area contributed by atoms with Crippen molar-refractivity contribution in [1.29, 1.82) is 0 Å². The monoisotopic (exact) mass is 745 g/mol. The van der Waals surface area contributed by atoms with Gasteiger partial charge in [0.25, 0.3) is 0 Å². The molecule has 12 rings (SSSR count). The van der Waals surface area contributed by atoms with Gasteiger partial charge in [-0.05, 0) is 54.1 Å². The number of nitrogens with zero attached hydrogens (tertiary/aromatic N) is 3. The van der Waals surface area contributed by atoms with E-state index in [1.165, 1.54) is 31.1 Å². The van der Waals surface area contributed by atoms with E-state index in [9.17, 15) is 0 Å². The third-order valence-electron chi connectivity index (χ3n) is 11.2. The van der Waals surface area contributed by atoms with Gasteiger partial charge in [-0.25, -0.2) is 9.97 Å². The Bertz CT molecular complexity index is 3450. The number of rotatable bonds is 5. The Morgan fingerprint density at radius 3 is 1.82 bits per heavy atom. The summed E-state index contributed by atoms with van der Waals surface area (Å²) in [5.41, 5.74) is 12.4. The first-order valence-electron chi connectivity index (χ1n) is 19.1. The molecule has 0 spiro atoms. The highest BCUT2D eigenvalue weighted by atomic mass is 32.1. The molecule has 0 amide bonds. The Morgan fingerprint density at radius 2 is 1.07 bits per heavy atom. The van der Waals surface area contributed by atoms with Crippen molar-refractivity contribution in [2.45, 2.75) is 0 Å². The van der Waals surface area contributed by atoms with Gasteiger partial charge in [0.1, 0.15) is 11.2 Å². The van der Waals surface area contributed by atoms with Crippen molar-refractivity contribution in [3.63, 3.8) is 0 Å². The molecule has 0 radical (unpaired) electrons. The van der Waals surface area contributed by atoms with Gasteiger partial charge in [-0.3, -0.25) is 0 Å². The van der Waals surface area contributed by atoms with Crippen molar-refractivity contribution in [2.75, 3.05) is 0 Å². The molecule has 0 bridgehead atoms. The average Bonchev–Trinajstić information content (AvgIpc) is 3.96. The molecule has 0 unspecified atom stereocenters. The van der Waals surface area contributed by atoms with E-state index in [1.54, 1.807) is 0 Å². The van der Waals surface area contributed by atoms with Gasteiger partial charge in [-0.15, -0.1) is 11.3 Å². The van der Waals surface area contributed by atoms with Crippen LogP contribution in [0.15, 0.2) is 192 Å². The van der Waals surface area contributed by atoms with E-state index in [2.05, 4.69) is 174 Å². The molecular formula is C52H31N3OS. The van der Waals surface area contributed by atoms with Gasteiger partial charge in [0.15, 0.2) is 5.82 Å². The second kappa shape index (κ2) is 12.6. The Labute approximate surface area is 331 Å². The molecule has 4 aromatic heterocycles. The van der Waals surface area contributed by atoms with E-state index in [1.807, 2.05) is 29.5 Å². The van der Waals surface area contributed by atoms with Crippen LogP contribution in [0.2, 0.25) is 0 Å². The van der Waals surface area contributed by atoms with Crippen LogP contribution in [0.25, 0.3) is 115 Å². The quantitative estimate of drug-likeness (QED) is 0.176. The SMILES string of the molecule is c1ccc(-c2cc(-c3ccccc3)nc(-c3ccc(-c4cc(-n5c6ccccc6c6c7oc8ccccc8c7ccc65)cc5c4sc4ccccc45)cc3)n2)cc1. The number of para-hydroxylation sites is 2. The van der Waals surface area contributed by atoms with Crippen LogP contribution in [0, 0.1) is 0 Å². The molecule has 4 nitrogen and oxygen atoms in total. The standard InChI is InChI=1S/C52H31N3OS/c1-3-13-33(14-4-1)43-31-44(34-15-5-2-6-16-34)54-52(53-43)35-25-23-32(24-26-35)41-29-36(30-42-38-18-9-12-22-48(38)57-51(41)42)55-45-20-10-7-19-40(45)49-46(55)28-27-39-37-17-8-11-21-47(37)56-50(39)49/h1-31H. The minimum absolute atomic E-state index is 0.699. The van der Waals surface area contributed by atoms with Crippen LogP contribution in [0.5, 0.6) is 0 Å². The largest absolute Gasteiger partial charge is 0.455 e. The highest BCUT2D eigenvalue weighted by Gasteiger charge is 2.21. The fourth-order valence-corrected chi connectivity index (χ4v) is 9.78. The normalized spacial score (nSPS) is 11.9. The number of furan rings is 1. The van der Waals surface area contributed by atoms with E-state index >= 15 is 0 Å². The van der Waals surface area contributed by atoms with Crippen molar-refractivity contribution in [1.82, 2.24) is 14.5 Å². The van der Waals surface area contributed by atoms with Crippen molar-refractivity contribution >= 4 is 75.3 Å². The lowest BCUT2D eigenvalue weighted by molar-refractivity contribution is 0.673. The minimum Gasteiger partial charge on any atom is -0.455 e. The van der Waals surface area contributed by atoms with Crippen LogP contribution < -0.4 is 0 Å². The fourth-order valence-electron chi connectivity index (χ4n) is 8.56. The average molecular weight is 746 g/mol. The third kappa shape index (κ3) is 5.06. The predicted octanol–water partition coefficient (Wildman–Crippen LogP) is 14.5. The van der Waals surface area contributed by atoms with Crippen LogP contribution in [0.3, 0.4) is 0 Å². The maximum absolute atomic E-state index is 6.62. The molecule has 4 heterocycles. The first-order chi connectivity index (χ1) is 28.2. The molecule has 0 aliphatic rings. The zero-order chi connectivity index (χ0) is 37.5. The molecule has 5 heteroatoms. The van der Waals surface area contributed by atoms with Crippen molar-refractivity contribution in [3.8, 4) is 50.7 Å². The molecule has 12 aromatic rings. The van der Waals surface area contributed by atoms with Crippen molar-refractivity contribution in [3.05, 3.63) is 188 Å². The maximum atomic E-state index is 6.62. The summed E-state index contributed by atoms with van der Waals surface area (Å²) < 4.78 is 11.6.